The van der Waals surface area contributed by atoms with Crippen LogP contribution in [0.2, 0.25) is 0 Å². The van der Waals surface area contributed by atoms with Gasteiger partial charge in [-0.3, -0.25) is 4.79 Å². The molecule has 0 amide bonds. The third kappa shape index (κ3) is 6.19. The Morgan fingerprint density at radius 1 is 1.12 bits per heavy atom. The number of esters is 2. The normalized spacial score (nSPS) is 12.3. The lowest BCUT2D eigenvalue weighted by molar-refractivity contribution is -0.158. The summed E-state index contributed by atoms with van der Waals surface area (Å²) in [4.78, 5) is 23.6. The standard InChI is InChI=1S/C20H28O4/c1-6-16(17-10-8-7-9-11-17)14-20(4,5)19(22)24-13-12-23-18(21)15(2)3/h7-11,16H,2,6,12-14H2,1,3-5H3. The van der Waals surface area contributed by atoms with Crippen LogP contribution in [0, 0.1) is 5.41 Å². The van der Waals surface area contributed by atoms with Crippen LogP contribution in [-0.4, -0.2) is 25.2 Å². The molecule has 0 aliphatic carbocycles. The molecule has 0 heterocycles. The fraction of sp³-hybridized carbons (Fsp3) is 0.500. The fourth-order valence-corrected chi connectivity index (χ4v) is 2.51. The van der Waals surface area contributed by atoms with E-state index in [0.29, 0.717) is 17.9 Å². The second-order valence-corrected chi connectivity index (χ2v) is 6.66. The Labute approximate surface area is 144 Å². The summed E-state index contributed by atoms with van der Waals surface area (Å²) in [5.41, 5.74) is 0.959. The van der Waals surface area contributed by atoms with Gasteiger partial charge in [-0.1, -0.05) is 43.8 Å². The smallest absolute Gasteiger partial charge is 0.333 e. The molecular weight excluding hydrogens is 304 g/mol. The molecule has 0 saturated carbocycles. The van der Waals surface area contributed by atoms with Gasteiger partial charge < -0.3 is 9.47 Å². The minimum absolute atomic E-state index is 0.0450. The molecule has 1 rings (SSSR count). The molecule has 0 aliphatic rings. The number of rotatable bonds is 9. The summed E-state index contributed by atoms with van der Waals surface area (Å²) in [6.07, 6.45) is 1.66. The zero-order chi connectivity index (χ0) is 18.2. The fourth-order valence-electron chi connectivity index (χ4n) is 2.51. The van der Waals surface area contributed by atoms with Crippen molar-refractivity contribution in [1.82, 2.24) is 0 Å². The summed E-state index contributed by atoms with van der Waals surface area (Å²) in [6, 6.07) is 10.2. The first kappa shape index (κ1) is 19.9. The van der Waals surface area contributed by atoms with E-state index in [1.165, 1.54) is 5.56 Å². The van der Waals surface area contributed by atoms with E-state index in [1.807, 2.05) is 32.0 Å². The Balaban J connectivity index is 2.52. The van der Waals surface area contributed by atoms with E-state index in [2.05, 4.69) is 25.6 Å². The highest BCUT2D eigenvalue weighted by molar-refractivity contribution is 5.86. The average molecular weight is 332 g/mol. The molecule has 4 heteroatoms. The second-order valence-electron chi connectivity index (χ2n) is 6.66. The average Bonchev–Trinajstić information content (AvgIpc) is 2.56. The van der Waals surface area contributed by atoms with Crippen LogP contribution in [0.15, 0.2) is 42.5 Å². The molecule has 0 bridgehead atoms. The summed E-state index contributed by atoms with van der Waals surface area (Å²) in [7, 11) is 0. The molecule has 1 unspecified atom stereocenters. The van der Waals surface area contributed by atoms with Gasteiger partial charge in [0.05, 0.1) is 5.41 Å². The Bertz CT molecular complexity index is 560. The van der Waals surface area contributed by atoms with Crippen LogP contribution in [0.5, 0.6) is 0 Å². The van der Waals surface area contributed by atoms with Crippen molar-refractivity contribution in [3.8, 4) is 0 Å². The topological polar surface area (TPSA) is 52.6 Å². The Kier molecular flexibility index (Phi) is 7.69. The largest absolute Gasteiger partial charge is 0.462 e. The van der Waals surface area contributed by atoms with Gasteiger partial charge >= 0.3 is 11.9 Å². The van der Waals surface area contributed by atoms with Crippen LogP contribution in [0.4, 0.5) is 0 Å². The maximum atomic E-state index is 12.3. The van der Waals surface area contributed by atoms with Crippen LogP contribution >= 0.6 is 0 Å². The number of ether oxygens (including phenoxy) is 2. The highest BCUT2D eigenvalue weighted by Crippen LogP contribution is 2.34. The monoisotopic (exact) mass is 332 g/mol. The molecule has 1 aromatic rings. The molecule has 0 saturated heterocycles. The first-order chi connectivity index (χ1) is 11.3. The minimum atomic E-state index is -0.602. The molecular formula is C20H28O4. The van der Waals surface area contributed by atoms with Crippen LogP contribution in [-0.2, 0) is 19.1 Å². The molecule has 4 nitrogen and oxygen atoms in total. The molecule has 1 aromatic carbocycles. The van der Waals surface area contributed by atoms with Crippen molar-refractivity contribution in [2.75, 3.05) is 13.2 Å². The van der Waals surface area contributed by atoms with Crippen LogP contribution in [0.3, 0.4) is 0 Å². The molecule has 0 spiro atoms. The van der Waals surface area contributed by atoms with E-state index in [9.17, 15) is 9.59 Å². The maximum Gasteiger partial charge on any atom is 0.333 e. The molecule has 0 N–H and O–H groups in total. The first-order valence-electron chi connectivity index (χ1n) is 8.32. The number of hydrogen-bond acceptors (Lipinski definition) is 4. The number of benzene rings is 1. The Morgan fingerprint density at radius 3 is 2.25 bits per heavy atom. The van der Waals surface area contributed by atoms with Gasteiger partial charge in [-0.05, 0) is 45.1 Å². The second kappa shape index (κ2) is 9.26. The van der Waals surface area contributed by atoms with E-state index in [-0.39, 0.29) is 19.2 Å². The number of hydrogen-bond donors (Lipinski definition) is 0. The first-order valence-corrected chi connectivity index (χ1v) is 8.32. The minimum Gasteiger partial charge on any atom is -0.462 e. The van der Waals surface area contributed by atoms with Crippen molar-refractivity contribution in [2.45, 2.75) is 46.5 Å². The van der Waals surface area contributed by atoms with Crippen molar-refractivity contribution in [2.24, 2.45) is 5.41 Å². The van der Waals surface area contributed by atoms with Gasteiger partial charge in [0.15, 0.2) is 0 Å². The van der Waals surface area contributed by atoms with E-state index in [1.54, 1.807) is 6.92 Å². The van der Waals surface area contributed by atoms with Crippen molar-refractivity contribution in [3.05, 3.63) is 48.0 Å². The Morgan fingerprint density at radius 2 is 1.71 bits per heavy atom. The highest BCUT2D eigenvalue weighted by Gasteiger charge is 2.32. The van der Waals surface area contributed by atoms with E-state index in [0.717, 1.165) is 6.42 Å². The lowest BCUT2D eigenvalue weighted by Crippen LogP contribution is -2.30. The Hall–Kier alpha value is -2.10. The molecule has 24 heavy (non-hydrogen) atoms. The van der Waals surface area contributed by atoms with Gasteiger partial charge in [-0.15, -0.1) is 0 Å². The van der Waals surface area contributed by atoms with E-state index in [4.69, 9.17) is 9.47 Å². The number of carbonyl (C=O) groups is 2. The molecule has 0 aromatic heterocycles. The van der Waals surface area contributed by atoms with Gasteiger partial charge in [0.1, 0.15) is 13.2 Å². The summed E-state index contributed by atoms with van der Waals surface area (Å²) < 4.78 is 10.2. The van der Waals surface area contributed by atoms with Crippen molar-refractivity contribution in [1.29, 1.82) is 0 Å². The van der Waals surface area contributed by atoms with E-state index < -0.39 is 11.4 Å². The van der Waals surface area contributed by atoms with Gasteiger partial charge in [-0.2, -0.15) is 0 Å². The van der Waals surface area contributed by atoms with Crippen molar-refractivity contribution >= 4 is 11.9 Å². The summed E-state index contributed by atoms with van der Waals surface area (Å²) in [5, 5.41) is 0. The lowest BCUT2D eigenvalue weighted by atomic mass is 9.79. The molecule has 1 atom stereocenters. The zero-order valence-electron chi connectivity index (χ0n) is 15.1. The maximum absolute atomic E-state index is 12.3. The van der Waals surface area contributed by atoms with E-state index >= 15 is 0 Å². The molecule has 0 radical (unpaired) electrons. The molecule has 132 valence electrons. The quantitative estimate of drug-likeness (QED) is 0.385. The third-order valence-corrected chi connectivity index (χ3v) is 3.97. The SMILES string of the molecule is C=C(C)C(=O)OCCOC(=O)C(C)(C)CC(CC)c1ccccc1. The lowest BCUT2D eigenvalue weighted by Gasteiger charge is -2.27. The van der Waals surface area contributed by atoms with Gasteiger partial charge in [0.25, 0.3) is 0 Å². The zero-order valence-corrected chi connectivity index (χ0v) is 15.1. The highest BCUT2D eigenvalue weighted by atomic mass is 16.6. The van der Waals surface area contributed by atoms with Crippen LogP contribution < -0.4 is 0 Å². The molecule has 0 aliphatic heterocycles. The van der Waals surface area contributed by atoms with Gasteiger partial charge in [-0.25, -0.2) is 4.79 Å². The number of carbonyl (C=O) groups excluding carboxylic acids is 2. The summed E-state index contributed by atoms with van der Waals surface area (Å²) in [6.45, 7) is 11.1. The van der Waals surface area contributed by atoms with Crippen molar-refractivity contribution in [3.63, 3.8) is 0 Å². The van der Waals surface area contributed by atoms with Crippen molar-refractivity contribution < 1.29 is 19.1 Å². The summed E-state index contributed by atoms with van der Waals surface area (Å²) >= 11 is 0. The van der Waals surface area contributed by atoms with Crippen LogP contribution in [0.25, 0.3) is 0 Å². The predicted octanol–water partition coefficient (Wildman–Crippen LogP) is 4.26. The summed E-state index contributed by atoms with van der Waals surface area (Å²) in [5.74, 6) is -0.446. The molecule has 0 fully saturated rings. The predicted molar refractivity (Wildman–Crippen MR) is 94.6 cm³/mol. The van der Waals surface area contributed by atoms with Gasteiger partial charge in [0, 0.05) is 5.57 Å². The van der Waals surface area contributed by atoms with Gasteiger partial charge in [0.2, 0.25) is 0 Å². The third-order valence-electron chi connectivity index (χ3n) is 3.97. The van der Waals surface area contributed by atoms with Crippen LogP contribution in [0.1, 0.15) is 52.0 Å².